The molecule has 1 saturated heterocycles. The van der Waals surface area contributed by atoms with Crippen molar-refractivity contribution in [1.29, 1.82) is 0 Å². The number of aromatic nitrogens is 2. The van der Waals surface area contributed by atoms with Crippen LogP contribution >= 0.6 is 11.3 Å². The summed E-state index contributed by atoms with van der Waals surface area (Å²) in [6.07, 6.45) is 0. The summed E-state index contributed by atoms with van der Waals surface area (Å²) in [5.74, 6) is 0.853. The highest BCUT2D eigenvalue weighted by atomic mass is 32.1. The van der Waals surface area contributed by atoms with Gasteiger partial charge in [-0.05, 0) is 37.3 Å². The Balaban J connectivity index is 1.53. The van der Waals surface area contributed by atoms with Gasteiger partial charge in [-0.25, -0.2) is 4.98 Å². The molecule has 136 valence electrons. The predicted molar refractivity (Wildman–Crippen MR) is 104 cm³/mol. The number of hydrogen-bond acceptors (Lipinski definition) is 5. The van der Waals surface area contributed by atoms with Crippen molar-refractivity contribution in [3.63, 3.8) is 0 Å². The van der Waals surface area contributed by atoms with E-state index in [0.717, 1.165) is 48.2 Å². The number of aryl methyl sites for hydroxylation is 2. The fourth-order valence-electron chi connectivity index (χ4n) is 3.22. The number of imidazole rings is 1. The van der Waals surface area contributed by atoms with E-state index >= 15 is 0 Å². The Morgan fingerprint density at radius 3 is 2.81 bits per heavy atom. The molecule has 2 aromatic heterocycles. The van der Waals surface area contributed by atoms with Crippen LogP contribution in [0.4, 0.5) is 5.95 Å². The molecule has 26 heavy (non-hydrogen) atoms. The van der Waals surface area contributed by atoms with Crippen molar-refractivity contribution in [2.75, 3.05) is 31.2 Å². The predicted octanol–water partition coefficient (Wildman–Crippen LogP) is 2.71. The third-order valence-corrected chi connectivity index (χ3v) is 5.63. The number of nitrogens with zero attached hydrogens (tertiary/aromatic N) is 3. The van der Waals surface area contributed by atoms with Gasteiger partial charge in [-0.2, -0.15) is 0 Å². The molecule has 0 saturated carbocycles. The average molecular weight is 370 g/mol. The Bertz CT molecular complexity index is 940. The van der Waals surface area contributed by atoms with Crippen molar-refractivity contribution in [1.82, 2.24) is 14.9 Å². The number of carbonyl (C=O) groups is 1. The van der Waals surface area contributed by atoms with Gasteiger partial charge in [0.05, 0.1) is 30.8 Å². The summed E-state index contributed by atoms with van der Waals surface area (Å²) < 4.78 is 7.50. The number of amides is 1. The first kappa shape index (κ1) is 17.1. The van der Waals surface area contributed by atoms with E-state index in [1.165, 1.54) is 4.88 Å². The smallest absolute Gasteiger partial charge is 0.251 e. The zero-order valence-corrected chi connectivity index (χ0v) is 15.8. The summed E-state index contributed by atoms with van der Waals surface area (Å²) in [4.78, 5) is 21.9. The van der Waals surface area contributed by atoms with Crippen molar-refractivity contribution in [3.05, 3.63) is 45.6 Å². The Morgan fingerprint density at radius 2 is 2.08 bits per heavy atom. The monoisotopic (exact) mass is 370 g/mol. The van der Waals surface area contributed by atoms with Gasteiger partial charge in [0.2, 0.25) is 5.95 Å². The largest absolute Gasteiger partial charge is 0.378 e. The van der Waals surface area contributed by atoms with Gasteiger partial charge < -0.3 is 19.5 Å². The highest BCUT2D eigenvalue weighted by Crippen LogP contribution is 2.23. The Labute approximate surface area is 156 Å². The van der Waals surface area contributed by atoms with E-state index < -0.39 is 0 Å². The number of carbonyl (C=O) groups excluding carboxylic acids is 1. The van der Waals surface area contributed by atoms with Crippen LogP contribution in [0.2, 0.25) is 0 Å². The van der Waals surface area contributed by atoms with Gasteiger partial charge in [0.1, 0.15) is 0 Å². The highest BCUT2D eigenvalue weighted by molar-refractivity contribution is 7.11. The van der Waals surface area contributed by atoms with Gasteiger partial charge in [0.25, 0.3) is 5.91 Å². The lowest BCUT2D eigenvalue weighted by atomic mass is 10.2. The van der Waals surface area contributed by atoms with Crippen LogP contribution in [0, 0.1) is 6.92 Å². The molecule has 6 nitrogen and oxygen atoms in total. The van der Waals surface area contributed by atoms with Gasteiger partial charge in [0.15, 0.2) is 0 Å². The van der Waals surface area contributed by atoms with E-state index in [-0.39, 0.29) is 5.91 Å². The number of rotatable bonds is 4. The van der Waals surface area contributed by atoms with Crippen molar-refractivity contribution in [3.8, 4) is 0 Å². The van der Waals surface area contributed by atoms with Gasteiger partial charge in [-0.1, -0.05) is 0 Å². The second kappa shape index (κ2) is 7.09. The Kier molecular flexibility index (Phi) is 4.65. The molecule has 1 amide bonds. The van der Waals surface area contributed by atoms with Crippen LogP contribution in [0.3, 0.4) is 0 Å². The first-order valence-corrected chi connectivity index (χ1v) is 9.56. The lowest BCUT2D eigenvalue weighted by molar-refractivity contribution is 0.0951. The number of morpholine rings is 1. The molecule has 1 aliphatic rings. The number of fused-ring (bicyclic) bond motifs is 1. The van der Waals surface area contributed by atoms with Gasteiger partial charge in [-0.15, -0.1) is 11.3 Å². The topological polar surface area (TPSA) is 59.4 Å². The van der Waals surface area contributed by atoms with E-state index in [9.17, 15) is 4.79 Å². The molecule has 0 radical (unpaired) electrons. The number of ether oxygens (including phenoxy) is 1. The lowest BCUT2D eigenvalue weighted by Gasteiger charge is -2.27. The second-order valence-corrected chi connectivity index (χ2v) is 7.84. The average Bonchev–Trinajstić information content (AvgIpc) is 3.23. The standard InChI is InChI=1S/C19H22N4O2S/c1-13-3-5-15(26-13)12-20-18(24)14-4-6-17-16(11-14)21-19(22(17)2)23-7-9-25-10-8-23/h3-6,11H,7-10,12H2,1-2H3,(H,20,24). The molecule has 4 rings (SSSR count). The molecule has 1 aliphatic heterocycles. The van der Waals surface area contributed by atoms with Crippen molar-refractivity contribution < 1.29 is 9.53 Å². The fraction of sp³-hybridized carbons (Fsp3) is 0.368. The van der Waals surface area contributed by atoms with E-state index in [0.29, 0.717) is 12.1 Å². The van der Waals surface area contributed by atoms with Crippen LogP contribution < -0.4 is 10.2 Å². The van der Waals surface area contributed by atoms with E-state index in [2.05, 4.69) is 33.8 Å². The minimum atomic E-state index is -0.0727. The van der Waals surface area contributed by atoms with Crippen LogP contribution in [0.15, 0.2) is 30.3 Å². The number of nitrogens with one attached hydrogen (secondary N) is 1. The maximum absolute atomic E-state index is 12.5. The Morgan fingerprint density at radius 1 is 1.27 bits per heavy atom. The molecular weight excluding hydrogens is 348 g/mol. The molecule has 0 bridgehead atoms. The van der Waals surface area contributed by atoms with Crippen LogP contribution in [-0.2, 0) is 18.3 Å². The molecule has 1 aromatic carbocycles. The fourth-order valence-corrected chi connectivity index (χ4v) is 4.05. The van der Waals surface area contributed by atoms with Gasteiger partial charge in [-0.3, -0.25) is 4.79 Å². The molecule has 0 aliphatic carbocycles. The number of benzene rings is 1. The molecule has 3 heterocycles. The summed E-state index contributed by atoms with van der Waals surface area (Å²) >= 11 is 1.70. The molecule has 7 heteroatoms. The van der Waals surface area contributed by atoms with Crippen molar-refractivity contribution >= 4 is 34.2 Å². The summed E-state index contributed by atoms with van der Waals surface area (Å²) in [5, 5.41) is 2.99. The summed E-state index contributed by atoms with van der Waals surface area (Å²) in [5.41, 5.74) is 2.50. The molecule has 3 aromatic rings. The number of hydrogen-bond donors (Lipinski definition) is 1. The van der Waals surface area contributed by atoms with E-state index in [4.69, 9.17) is 9.72 Å². The van der Waals surface area contributed by atoms with E-state index in [1.807, 2.05) is 25.2 Å². The van der Waals surface area contributed by atoms with Crippen molar-refractivity contribution in [2.24, 2.45) is 7.05 Å². The zero-order chi connectivity index (χ0) is 18.1. The lowest BCUT2D eigenvalue weighted by Crippen LogP contribution is -2.37. The number of thiophene rings is 1. The zero-order valence-electron chi connectivity index (χ0n) is 15.0. The van der Waals surface area contributed by atoms with Crippen LogP contribution in [-0.4, -0.2) is 41.8 Å². The summed E-state index contributed by atoms with van der Waals surface area (Å²) in [6, 6.07) is 9.82. The first-order chi connectivity index (χ1) is 12.6. The van der Waals surface area contributed by atoms with E-state index in [1.54, 1.807) is 11.3 Å². The van der Waals surface area contributed by atoms with Crippen LogP contribution in [0.1, 0.15) is 20.1 Å². The normalized spacial score (nSPS) is 14.8. The molecular formula is C19H22N4O2S. The number of anilines is 1. The molecule has 1 N–H and O–H groups in total. The summed E-state index contributed by atoms with van der Waals surface area (Å²) in [6.45, 7) is 5.74. The maximum Gasteiger partial charge on any atom is 0.251 e. The third-order valence-electron chi connectivity index (χ3n) is 4.63. The highest BCUT2D eigenvalue weighted by Gasteiger charge is 2.18. The quantitative estimate of drug-likeness (QED) is 0.767. The van der Waals surface area contributed by atoms with Crippen molar-refractivity contribution in [2.45, 2.75) is 13.5 Å². The van der Waals surface area contributed by atoms with Gasteiger partial charge in [0, 0.05) is 35.5 Å². The Hall–Kier alpha value is -2.38. The summed E-state index contributed by atoms with van der Waals surface area (Å²) in [7, 11) is 2.01. The minimum Gasteiger partial charge on any atom is -0.378 e. The third kappa shape index (κ3) is 3.32. The molecule has 0 atom stereocenters. The second-order valence-electron chi connectivity index (χ2n) is 6.47. The van der Waals surface area contributed by atoms with Crippen LogP contribution in [0.25, 0.3) is 11.0 Å². The minimum absolute atomic E-state index is 0.0727. The van der Waals surface area contributed by atoms with Gasteiger partial charge >= 0.3 is 0 Å². The SMILES string of the molecule is Cc1ccc(CNC(=O)c2ccc3c(c2)nc(N2CCOCC2)n3C)s1. The molecule has 0 unspecified atom stereocenters. The first-order valence-electron chi connectivity index (χ1n) is 8.74. The molecule has 0 spiro atoms. The maximum atomic E-state index is 12.5. The molecule has 1 fully saturated rings. The van der Waals surface area contributed by atoms with Crippen LogP contribution in [0.5, 0.6) is 0 Å².